The zero-order chi connectivity index (χ0) is 14.7. The number of aromatic nitrogens is 1. The Hall–Kier alpha value is -2.78. The monoisotopic (exact) mass is 287 g/mol. The van der Waals surface area contributed by atoms with Crippen molar-refractivity contribution in [1.82, 2.24) is 4.98 Å². The van der Waals surface area contributed by atoms with Gasteiger partial charge in [-0.25, -0.2) is 4.98 Å². The first kappa shape index (κ1) is 13.6. The van der Waals surface area contributed by atoms with Gasteiger partial charge in [0.1, 0.15) is 5.82 Å². The van der Waals surface area contributed by atoms with Gasteiger partial charge in [-0.1, -0.05) is 11.6 Å². The minimum absolute atomic E-state index is 0.162. The Kier molecular flexibility index (Phi) is 3.73. The van der Waals surface area contributed by atoms with E-state index in [1.165, 1.54) is 12.3 Å². The van der Waals surface area contributed by atoms with Crippen LogP contribution in [0.25, 0.3) is 0 Å². The van der Waals surface area contributed by atoms with Gasteiger partial charge in [-0.3, -0.25) is 4.79 Å². The molecule has 0 aliphatic carbocycles. The Balaban J connectivity index is 2.38. The Morgan fingerprint density at radius 1 is 1.40 bits per heavy atom. The van der Waals surface area contributed by atoms with Crippen LogP contribution < -0.4 is 16.8 Å². The van der Waals surface area contributed by atoms with E-state index in [2.05, 4.69) is 10.3 Å². The number of hydrogen-bond acceptors (Lipinski definition) is 5. The Morgan fingerprint density at radius 3 is 2.80 bits per heavy atom. The lowest BCUT2D eigenvalue weighted by molar-refractivity contribution is 0.100. The standard InChI is InChI=1S/C13H10ClN5O/c14-9-2-1-7(5-15)3-11(9)19-12-4-8(13(17)20)10(16)6-18-12/h1-4,6H,16H2,(H2,17,20)(H,18,19). The van der Waals surface area contributed by atoms with Crippen LogP contribution in [0.4, 0.5) is 17.2 Å². The molecule has 5 N–H and O–H groups in total. The van der Waals surface area contributed by atoms with Crippen molar-refractivity contribution in [3.63, 3.8) is 0 Å². The predicted octanol–water partition coefficient (Wildman–Crippen LogP) is 2.03. The van der Waals surface area contributed by atoms with Crippen LogP contribution in [0, 0.1) is 11.3 Å². The first-order valence-corrected chi connectivity index (χ1v) is 5.91. The summed E-state index contributed by atoms with van der Waals surface area (Å²) in [5.41, 5.74) is 12.1. The lowest BCUT2D eigenvalue weighted by Crippen LogP contribution is -2.14. The Bertz CT molecular complexity index is 723. The molecule has 20 heavy (non-hydrogen) atoms. The van der Waals surface area contributed by atoms with Gasteiger partial charge in [-0.05, 0) is 24.3 Å². The minimum Gasteiger partial charge on any atom is -0.397 e. The zero-order valence-corrected chi connectivity index (χ0v) is 11.0. The molecule has 2 rings (SSSR count). The number of amides is 1. The molecule has 1 aromatic carbocycles. The van der Waals surface area contributed by atoms with E-state index in [4.69, 9.17) is 28.3 Å². The number of primary amides is 1. The molecule has 0 unspecified atom stereocenters. The second-order valence-electron chi connectivity index (χ2n) is 3.95. The van der Waals surface area contributed by atoms with Gasteiger partial charge in [-0.2, -0.15) is 5.26 Å². The third kappa shape index (κ3) is 2.79. The van der Waals surface area contributed by atoms with E-state index in [0.29, 0.717) is 22.1 Å². The van der Waals surface area contributed by atoms with E-state index in [0.717, 1.165) is 0 Å². The molecule has 1 amide bonds. The number of carbonyl (C=O) groups excluding carboxylic acids is 1. The Morgan fingerprint density at radius 2 is 2.15 bits per heavy atom. The van der Waals surface area contributed by atoms with Crippen molar-refractivity contribution in [2.45, 2.75) is 0 Å². The molecule has 0 fully saturated rings. The van der Waals surface area contributed by atoms with Crippen LogP contribution in [0.5, 0.6) is 0 Å². The van der Waals surface area contributed by atoms with Crippen LogP contribution in [0.15, 0.2) is 30.5 Å². The molecule has 100 valence electrons. The van der Waals surface area contributed by atoms with Crippen molar-refractivity contribution >= 4 is 34.7 Å². The maximum atomic E-state index is 11.2. The number of anilines is 3. The maximum absolute atomic E-state index is 11.2. The van der Waals surface area contributed by atoms with Gasteiger partial charge < -0.3 is 16.8 Å². The van der Waals surface area contributed by atoms with Crippen molar-refractivity contribution < 1.29 is 4.79 Å². The summed E-state index contributed by atoms with van der Waals surface area (Å²) in [5, 5.41) is 12.2. The van der Waals surface area contributed by atoms with Gasteiger partial charge in [0.15, 0.2) is 0 Å². The third-order valence-electron chi connectivity index (χ3n) is 2.56. The number of nitrogens with one attached hydrogen (secondary N) is 1. The molecule has 0 saturated carbocycles. The fourth-order valence-corrected chi connectivity index (χ4v) is 1.74. The number of nitrogens with zero attached hydrogens (tertiary/aromatic N) is 2. The van der Waals surface area contributed by atoms with Gasteiger partial charge in [0, 0.05) is 0 Å². The topological polar surface area (TPSA) is 118 Å². The maximum Gasteiger partial charge on any atom is 0.250 e. The summed E-state index contributed by atoms with van der Waals surface area (Å²) >= 11 is 6.02. The molecule has 1 heterocycles. The van der Waals surface area contributed by atoms with Gasteiger partial charge in [0.05, 0.1) is 39.8 Å². The van der Waals surface area contributed by atoms with Crippen LogP contribution in [-0.2, 0) is 0 Å². The molecule has 1 aromatic heterocycles. The molecule has 0 aliphatic rings. The molecular formula is C13H10ClN5O. The molecule has 2 aromatic rings. The van der Waals surface area contributed by atoms with Crippen molar-refractivity contribution in [2.24, 2.45) is 5.73 Å². The van der Waals surface area contributed by atoms with Crippen LogP contribution in [-0.4, -0.2) is 10.9 Å². The average Bonchev–Trinajstić information content (AvgIpc) is 2.43. The van der Waals surface area contributed by atoms with Crippen LogP contribution in [0.1, 0.15) is 15.9 Å². The first-order chi connectivity index (χ1) is 9.51. The van der Waals surface area contributed by atoms with Gasteiger partial charge in [0.2, 0.25) is 0 Å². The lowest BCUT2D eigenvalue weighted by atomic mass is 10.2. The van der Waals surface area contributed by atoms with Crippen LogP contribution in [0.2, 0.25) is 5.02 Å². The molecule has 0 saturated heterocycles. The second-order valence-corrected chi connectivity index (χ2v) is 4.36. The summed E-state index contributed by atoms with van der Waals surface area (Å²) in [6.45, 7) is 0. The van der Waals surface area contributed by atoms with E-state index in [1.807, 2.05) is 6.07 Å². The summed E-state index contributed by atoms with van der Waals surface area (Å²) in [7, 11) is 0. The first-order valence-electron chi connectivity index (χ1n) is 5.53. The molecule has 0 aliphatic heterocycles. The molecule has 0 radical (unpaired) electrons. The molecule has 0 bridgehead atoms. The fourth-order valence-electron chi connectivity index (χ4n) is 1.58. The zero-order valence-electron chi connectivity index (χ0n) is 10.2. The second kappa shape index (κ2) is 5.47. The number of pyridine rings is 1. The van der Waals surface area contributed by atoms with Crippen LogP contribution >= 0.6 is 11.6 Å². The number of nitriles is 1. The van der Waals surface area contributed by atoms with E-state index in [1.54, 1.807) is 18.2 Å². The van der Waals surface area contributed by atoms with Gasteiger partial charge >= 0.3 is 0 Å². The smallest absolute Gasteiger partial charge is 0.250 e. The number of nitrogen functional groups attached to an aromatic ring is 1. The highest BCUT2D eigenvalue weighted by atomic mass is 35.5. The number of carbonyl (C=O) groups is 1. The quantitative estimate of drug-likeness (QED) is 0.798. The van der Waals surface area contributed by atoms with E-state index in [9.17, 15) is 4.79 Å². The predicted molar refractivity (Wildman–Crippen MR) is 76.6 cm³/mol. The normalized spacial score (nSPS) is 9.80. The molecule has 0 spiro atoms. The fraction of sp³-hybridized carbons (Fsp3) is 0. The highest BCUT2D eigenvalue weighted by Crippen LogP contribution is 2.26. The number of halogens is 1. The summed E-state index contributed by atoms with van der Waals surface area (Å²) in [6.07, 6.45) is 1.32. The number of hydrogen-bond donors (Lipinski definition) is 3. The largest absolute Gasteiger partial charge is 0.397 e. The SMILES string of the molecule is N#Cc1ccc(Cl)c(Nc2cc(C(N)=O)c(N)cn2)c1. The number of nitrogens with two attached hydrogens (primary N) is 2. The highest BCUT2D eigenvalue weighted by Gasteiger charge is 2.09. The molecule has 0 atom stereocenters. The van der Waals surface area contributed by atoms with Crippen molar-refractivity contribution in [3.05, 3.63) is 46.6 Å². The summed E-state index contributed by atoms with van der Waals surface area (Å²) in [4.78, 5) is 15.2. The number of benzene rings is 1. The van der Waals surface area contributed by atoms with Crippen molar-refractivity contribution in [3.8, 4) is 6.07 Å². The molecule has 7 heteroatoms. The summed E-state index contributed by atoms with van der Waals surface area (Å²) < 4.78 is 0. The Labute approximate surface area is 120 Å². The van der Waals surface area contributed by atoms with E-state index in [-0.39, 0.29) is 11.3 Å². The van der Waals surface area contributed by atoms with E-state index < -0.39 is 5.91 Å². The molecule has 6 nitrogen and oxygen atoms in total. The van der Waals surface area contributed by atoms with Crippen molar-refractivity contribution in [2.75, 3.05) is 11.1 Å². The summed E-state index contributed by atoms with van der Waals surface area (Å²) in [6, 6.07) is 8.19. The van der Waals surface area contributed by atoms with Crippen molar-refractivity contribution in [1.29, 1.82) is 5.26 Å². The average molecular weight is 288 g/mol. The third-order valence-corrected chi connectivity index (χ3v) is 2.89. The number of rotatable bonds is 3. The minimum atomic E-state index is -0.648. The summed E-state index contributed by atoms with van der Waals surface area (Å²) in [5.74, 6) is -0.296. The van der Waals surface area contributed by atoms with E-state index >= 15 is 0 Å². The van der Waals surface area contributed by atoms with Gasteiger partial charge in [-0.15, -0.1) is 0 Å². The lowest BCUT2D eigenvalue weighted by Gasteiger charge is -2.09. The highest BCUT2D eigenvalue weighted by molar-refractivity contribution is 6.33. The van der Waals surface area contributed by atoms with Crippen LogP contribution in [0.3, 0.4) is 0 Å². The van der Waals surface area contributed by atoms with Gasteiger partial charge in [0.25, 0.3) is 5.91 Å². The molecular weight excluding hydrogens is 278 g/mol.